The summed E-state index contributed by atoms with van der Waals surface area (Å²) in [5, 5.41) is 0. The summed E-state index contributed by atoms with van der Waals surface area (Å²) in [7, 11) is 0. The molecule has 1 saturated heterocycles. The first kappa shape index (κ1) is 15.5. The smallest absolute Gasteiger partial charge is 0.312 e. The van der Waals surface area contributed by atoms with Gasteiger partial charge < -0.3 is 9.47 Å². The van der Waals surface area contributed by atoms with E-state index in [9.17, 15) is 9.59 Å². The maximum absolute atomic E-state index is 11.5. The summed E-state index contributed by atoms with van der Waals surface area (Å²) in [6.07, 6.45) is 4.98. The van der Waals surface area contributed by atoms with Crippen LogP contribution in [-0.2, 0) is 25.5 Å². The third kappa shape index (κ3) is 5.58. The molecule has 1 aromatic carbocycles. The zero-order valence-corrected chi connectivity index (χ0v) is 12.3. The highest BCUT2D eigenvalue weighted by Crippen LogP contribution is 2.18. The highest BCUT2D eigenvalue weighted by atomic mass is 16.6. The van der Waals surface area contributed by atoms with Gasteiger partial charge >= 0.3 is 11.9 Å². The Bertz CT molecular complexity index is 455. The topological polar surface area (TPSA) is 52.6 Å². The third-order valence-electron chi connectivity index (χ3n) is 3.67. The zero-order chi connectivity index (χ0) is 14.9. The van der Waals surface area contributed by atoms with E-state index in [0.29, 0.717) is 26.1 Å². The molecule has 1 aliphatic heterocycles. The Morgan fingerprint density at radius 1 is 1.19 bits per heavy atom. The van der Waals surface area contributed by atoms with E-state index in [1.54, 1.807) is 0 Å². The second kappa shape index (κ2) is 8.45. The fourth-order valence-electron chi connectivity index (χ4n) is 2.27. The number of ether oxygens (including phenoxy) is 2. The van der Waals surface area contributed by atoms with Crippen molar-refractivity contribution in [3.63, 3.8) is 0 Å². The largest absolute Gasteiger partial charge is 0.466 e. The summed E-state index contributed by atoms with van der Waals surface area (Å²) in [6.45, 7) is 0.925. The molecule has 21 heavy (non-hydrogen) atoms. The van der Waals surface area contributed by atoms with Crippen LogP contribution in [0.1, 0.15) is 37.7 Å². The van der Waals surface area contributed by atoms with Gasteiger partial charge in [0.1, 0.15) is 6.61 Å². The van der Waals surface area contributed by atoms with Gasteiger partial charge in [-0.15, -0.1) is 0 Å². The van der Waals surface area contributed by atoms with E-state index in [-0.39, 0.29) is 17.9 Å². The molecule has 0 N–H and O–H groups in total. The molecule has 2 rings (SSSR count). The molecule has 0 amide bonds. The lowest BCUT2D eigenvalue weighted by atomic mass is 10.0. The van der Waals surface area contributed by atoms with Crippen LogP contribution in [0.4, 0.5) is 0 Å². The van der Waals surface area contributed by atoms with Gasteiger partial charge in [-0.3, -0.25) is 9.59 Å². The minimum Gasteiger partial charge on any atom is -0.466 e. The monoisotopic (exact) mass is 290 g/mol. The van der Waals surface area contributed by atoms with Crippen LogP contribution in [0.2, 0.25) is 0 Å². The standard InChI is InChI=1S/C17H22O4/c18-16(11-10-15-13-21-17(15)19)20-12-6-2-5-9-14-7-3-1-4-8-14/h1,3-4,7-8,15H,2,5-6,9-13H2. The van der Waals surface area contributed by atoms with Crippen LogP contribution in [-0.4, -0.2) is 25.2 Å². The van der Waals surface area contributed by atoms with Crippen LogP contribution in [0.5, 0.6) is 0 Å². The molecule has 1 aliphatic rings. The Kier molecular flexibility index (Phi) is 6.25. The first-order valence-corrected chi connectivity index (χ1v) is 7.62. The van der Waals surface area contributed by atoms with Gasteiger partial charge in [-0.05, 0) is 37.7 Å². The van der Waals surface area contributed by atoms with Crippen molar-refractivity contribution in [2.75, 3.05) is 13.2 Å². The van der Waals surface area contributed by atoms with E-state index < -0.39 is 0 Å². The highest BCUT2D eigenvalue weighted by molar-refractivity contribution is 5.78. The molecule has 0 aromatic heterocycles. The molecule has 4 heteroatoms. The summed E-state index contributed by atoms with van der Waals surface area (Å²) in [6, 6.07) is 10.4. The molecule has 0 spiro atoms. The predicted octanol–water partition coefficient (Wildman–Crippen LogP) is 2.90. The Morgan fingerprint density at radius 2 is 2.00 bits per heavy atom. The van der Waals surface area contributed by atoms with Gasteiger partial charge in [-0.25, -0.2) is 0 Å². The summed E-state index contributed by atoms with van der Waals surface area (Å²) < 4.78 is 9.80. The fourth-order valence-corrected chi connectivity index (χ4v) is 2.27. The molecular weight excluding hydrogens is 268 g/mol. The number of cyclic esters (lactones) is 1. The molecule has 1 fully saturated rings. The number of carbonyl (C=O) groups excluding carboxylic acids is 2. The third-order valence-corrected chi connectivity index (χ3v) is 3.67. The van der Waals surface area contributed by atoms with Gasteiger partial charge in [0, 0.05) is 6.42 Å². The molecule has 114 valence electrons. The zero-order valence-electron chi connectivity index (χ0n) is 12.3. The number of rotatable bonds is 9. The normalized spacial score (nSPS) is 17.0. The van der Waals surface area contributed by atoms with Gasteiger partial charge in [0.05, 0.1) is 12.5 Å². The van der Waals surface area contributed by atoms with Crippen molar-refractivity contribution in [1.29, 1.82) is 0 Å². The maximum Gasteiger partial charge on any atom is 0.312 e. The molecule has 0 radical (unpaired) electrons. The molecule has 1 heterocycles. The average Bonchev–Trinajstić information content (AvgIpc) is 2.50. The first-order valence-electron chi connectivity index (χ1n) is 7.62. The predicted molar refractivity (Wildman–Crippen MR) is 78.6 cm³/mol. The molecule has 1 aromatic rings. The second-order valence-corrected chi connectivity index (χ2v) is 5.38. The van der Waals surface area contributed by atoms with Gasteiger partial charge in [0.25, 0.3) is 0 Å². The summed E-state index contributed by atoms with van der Waals surface area (Å²) >= 11 is 0. The molecule has 1 unspecified atom stereocenters. The summed E-state index contributed by atoms with van der Waals surface area (Å²) in [5.41, 5.74) is 1.35. The van der Waals surface area contributed by atoms with Gasteiger partial charge in [0.2, 0.25) is 0 Å². The number of aryl methyl sites for hydroxylation is 1. The summed E-state index contributed by atoms with van der Waals surface area (Å²) in [4.78, 5) is 22.4. The Morgan fingerprint density at radius 3 is 2.67 bits per heavy atom. The van der Waals surface area contributed by atoms with Crippen LogP contribution >= 0.6 is 0 Å². The lowest BCUT2D eigenvalue weighted by Gasteiger charge is -2.23. The van der Waals surface area contributed by atoms with Gasteiger partial charge in [0.15, 0.2) is 0 Å². The maximum atomic E-state index is 11.5. The van der Waals surface area contributed by atoms with E-state index in [0.717, 1.165) is 25.7 Å². The Hall–Kier alpha value is -1.84. The van der Waals surface area contributed by atoms with E-state index in [4.69, 9.17) is 4.74 Å². The minimum atomic E-state index is -0.210. The van der Waals surface area contributed by atoms with Crippen molar-refractivity contribution >= 4 is 11.9 Å². The fraction of sp³-hybridized carbons (Fsp3) is 0.529. The van der Waals surface area contributed by atoms with Crippen molar-refractivity contribution in [3.8, 4) is 0 Å². The molecule has 0 aliphatic carbocycles. The van der Waals surface area contributed by atoms with Crippen LogP contribution in [0.25, 0.3) is 0 Å². The lowest BCUT2D eigenvalue weighted by Crippen LogP contribution is -2.34. The van der Waals surface area contributed by atoms with Crippen LogP contribution in [0.3, 0.4) is 0 Å². The van der Waals surface area contributed by atoms with E-state index in [1.807, 2.05) is 6.07 Å². The van der Waals surface area contributed by atoms with Crippen molar-refractivity contribution < 1.29 is 19.1 Å². The van der Waals surface area contributed by atoms with Crippen molar-refractivity contribution in [2.24, 2.45) is 5.92 Å². The SMILES string of the molecule is O=C(CCC1COC1=O)OCCCCCc1ccccc1. The Balaban J connectivity index is 1.44. The van der Waals surface area contributed by atoms with Gasteiger partial charge in [-0.2, -0.15) is 0 Å². The van der Waals surface area contributed by atoms with Crippen LogP contribution < -0.4 is 0 Å². The highest BCUT2D eigenvalue weighted by Gasteiger charge is 2.30. The molecule has 0 bridgehead atoms. The van der Waals surface area contributed by atoms with Crippen molar-refractivity contribution in [2.45, 2.75) is 38.5 Å². The van der Waals surface area contributed by atoms with E-state index >= 15 is 0 Å². The molecule has 4 nitrogen and oxygen atoms in total. The van der Waals surface area contributed by atoms with Crippen molar-refractivity contribution in [3.05, 3.63) is 35.9 Å². The van der Waals surface area contributed by atoms with Gasteiger partial charge in [-0.1, -0.05) is 30.3 Å². The van der Waals surface area contributed by atoms with Crippen molar-refractivity contribution in [1.82, 2.24) is 0 Å². The number of unbranched alkanes of at least 4 members (excludes halogenated alkanes) is 2. The first-order chi connectivity index (χ1) is 10.3. The lowest BCUT2D eigenvalue weighted by molar-refractivity contribution is -0.169. The molecule has 1 atom stereocenters. The van der Waals surface area contributed by atoms with Crippen LogP contribution in [0, 0.1) is 5.92 Å². The quantitative estimate of drug-likeness (QED) is 0.518. The number of benzene rings is 1. The summed E-state index contributed by atoms with van der Waals surface area (Å²) in [5.74, 6) is -0.495. The number of hydrogen-bond donors (Lipinski definition) is 0. The molecular formula is C17H22O4. The number of carbonyl (C=O) groups is 2. The Labute approximate surface area is 125 Å². The second-order valence-electron chi connectivity index (χ2n) is 5.38. The minimum absolute atomic E-state index is 0.0941. The molecule has 0 saturated carbocycles. The van der Waals surface area contributed by atoms with E-state index in [2.05, 4.69) is 29.0 Å². The number of esters is 2. The number of hydrogen-bond acceptors (Lipinski definition) is 4. The average molecular weight is 290 g/mol. The van der Waals surface area contributed by atoms with Crippen LogP contribution in [0.15, 0.2) is 30.3 Å². The van der Waals surface area contributed by atoms with E-state index in [1.165, 1.54) is 5.56 Å².